The van der Waals surface area contributed by atoms with E-state index in [0.29, 0.717) is 17.4 Å². The van der Waals surface area contributed by atoms with Gasteiger partial charge >= 0.3 is 0 Å². The molecule has 0 amide bonds. The smallest absolute Gasteiger partial charge is 0.166 e. The standard InChI is InChI=1S/C14H23N5/c1-6-19(7-2)10(3)9-16-14-13(8-15)11(4)12(5)17-18-14/h10H,6-7,9H2,1-5H3,(H,16,18). The fourth-order valence-corrected chi connectivity index (χ4v) is 2.09. The van der Waals surface area contributed by atoms with Gasteiger partial charge in [0.1, 0.15) is 11.6 Å². The number of nitriles is 1. The quantitative estimate of drug-likeness (QED) is 0.849. The summed E-state index contributed by atoms with van der Waals surface area (Å²) in [6, 6.07) is 2.60. The third-order valence-corrected chi connectivity index (χ3v) is 3.57. The van der Waals surface area contributed by atoms with Crippen molar-refractivity contribution in [2.45, 2.75) is 40.7 Å². The summed E-state index contributed by atoms with van der Waals surface area (Å²) in [6.07, 6.45) is 0. The molecule has 0 aromatic carbocycles. The summed E-state index contributed by atoms with van der Waals surface area (Å²) < 4.78 is 0. The minimum atomic E-state index is 0.393. The third kappa shape index (κ3) is 3.65. The first-order chi connectivity index (χ1) is 9.04. The van der Waals surface area contributed by atoms with Crippen molar-refractivity contribution in [3.8, 4) is 6.07 Å². The van der Waals surface area contributed by atoms with Gasteiger partial charge in [0, 0.05) is 12.6 Å². The van der Waals surface area contributed by atoms with E-state index in [-0.39, 0.29) is 0 Å². The van der Waals surface area contributed by atoms with E-state index in [1.54, 1.807) is 0 Å². The Morgan fingerprint density at radius 3 is 2.42 bits per heavy atom. The molecule has 104 valence electrons. The van der Waals surface area contributed by atoms with Gasteiger partial charge in [0.2, 0.25) is 0 Å². The maximum atomic E-state index is 9.22. The van der Waals surface area contributed by atoms with Gasteiger partial charge in [0.05, 0.1) is 5.69 Å². The lowest BCUT2D eigenvalue weighted by atomic mass is 10.1. The lowest BCUT2D eigenvalue weighted by molar-refractivity contribution is 0.240. The Kier molecular flexibility index (Phi) is 5.71. The van der Waals surface area contributed by atoms with E-state index in [0.717, 1.165) is 30.9 Å². The molecule has 0 saturated carbocycles. The monoisotopic (exact) mass is 261 g/mol. The van der Waals surface area contributed by atoms with Gasteiger partial charge < -0.3 is 5.32 Å². The molecule has 5 heteroatoms. The maximum absolute atomic E-state index is 9.22. The number of anilines is 1. The number of aromatic nitrogens is 2. The van der Waals surface area contributed by atoms with Gasteiger partial charge in [-0.05, 0) is 39.4 Å². The molecule has 0 fully saturated rings. The number of hydrogen-bond donors (Lipinski definition) is 1. The van der Waals surface area contributed by atoms with Crippen molar-refractivity contribution in [2.24, 2.45) is 0 Å². The molecular formula is C14H23N5. The van der Waals surface area contributed by atoms with Crippen LogP contribution in [0.3, 0.4) is 0 Å². The predicted octanol–water partition coefficient (Wildman–Crippen LogP) is 2.11. The minimum absolute atomic E-state index is 0.393. The highest BCUT2D eigenvalue weighted by Crippen LogP contribution is 2.17. The Hall–Kier alpha value is -1.67. The first-order valence-corrected chi connectivity index (χ1v) is 6.76. The van der Waals surface area contributed by atoms with Gasteiger partial charge in [-0.1, -0.05) is 13.8 Å². The number of hydrogen-bond acceptors (Lipinski definition) is 5. The van der Waals surface area contributed by atoms with Crippen LogP contribution in [0.4, 0.5) is 5.82 Å². The van der Waals surface area contributed by atoms with Crippen LogP contribution >= 0.6 is 0 Å². The second kappa shape index (κ2) is 7.05. The van der Waals surface area contributed by atoms with Gasteiger partial charge in [-0.2, -0.15) is 10.4 Å². The third-order valence-electron chi connectivity index (χ3n) is 3.57. The number of likely N-dealkylation sites (N-methyl/N-ethyl adjacent to an activating group) is 1. The topological polar surface area (TPSA) is 64.8 Å². The zero-order chi connectivity index (χ0) is 14.4. The summed E-state index contributed by atoms with van der Waals surface area (Å²) in [4.78, 5) is 2.35. The van der Waals surface area contributed by atoms with Crippen LogP contribution in [0.1, 0.15) is 37.6 Å². The van der Waals surface area contributed by atoms with Crippen LogP contribution in [-0.4, -0.2) is 40.8 Å². The molecule has 19 heavy (non-hydrogen) atoms. The highest BCUT2D eigenvalue weighted by Gasteiger charge is 2.13. The fraction of sp³-hybridized carbons (Fsp3) is 0.643. The number of nitrogens with one attached hydrogen (secondary N) is 1. The summed E-state index contributed by atoms with van der Waals surface area (Å²) in [5.41, 5.74) is 2.30. The number of nitrogens with zero attached hydrogens (tertiary/aromatic N) is 4. The number of rotatable bonds is 6. The number of aryl methyl sites for hydroxylation is 1. The zero-order valence-electron chi connectivity index (χ0n) is 12.5. The van der Waals surface area contributed by atoms with E-state index in [4.69, 9.17) is 0 Å². The molecule has 0 bridgehead atoms. The van der Waals surface area contributed by atoms with Gasteiger partial charge in [-0.15, -0.1) is 5.10 Å². The molecule has 1 aromatic rings. The van der Waals surface area contributed by atoms with Gasteiger partial charge in [0.15, 0.2) is 5.82 Å². The predicted molar refractivity (Wildman–Crippen MR) is 77.1 cm³/mol. The van der Waals surface area contributed by atoms with Crippen molar-refractivity contribution < 1.29 is 0 Å². The van der Waals surface area contributed by atoms with Crippen molar-refractivity contribution in [3.05, 3.63) is 16.8 Å². The molecular weight excluding hydrogens is 238 g/mol. The summed E-state index contributed by atoms with van der Waals surface area (Å²) in [6.45, 7) is 13.0. The van der Waals surface area contributed by atoms with Crippen LogP contribution in [0, 0.1) is 25.2 Å². The fourth-order valence-electron chi connectivity index (χ4n) is 2.09. The van der Waals surface area contributed by atoms with Crippen LogP contribution in [-0.2, 0) is 0 Å². The lowest BCUT2D eigenvalue weighted by Crippen LogP contribution is -2.37. The van der Waals surface area contributed by atoms with Crippen molar-refractivity contribution in [1.82, 2.24) is 15.1 Å². The van der Waals surface area contributed by atoms with E-state index < -0.39 is 0 Å². The Labute approximate surface area is 115 Å². The summed E-state index contributed by atoms with van der Waals surface area (Å²) in [5.74, 6) is 0.588. The van der Waals surface area contributed by atoms with Crippen molar-refractivity contribution in [1.29, 1.82) is 5.26 Å². The Balaban J connectivity index is 2.79. The van der Waals surface area contributed by atoms with Crippen LogP contribution < -0.4 is 5.32 Å². The summed E-state index contributed by atoms with van der Waals surface area (Å²) >= 11 is 0. The summed E-state index contributed by atoms with van der Waals surface area (Å²) in [5, 5.41) is 20.6. The average molecular weight is 261 g/mol. The molecule has 0 aliphatic carbocycles. The van der Waals surface area contributed by atoms with Crippen LogP contribution in [0.25, 0.3) is 0 Å². The molecule has 1 rings (SSSR count). The highest BCUT2D eigenvalue weighted by atomic mass is 15.2. The van der Waals surface area contributed by atoms with Gasteiger partial charge in [0.25, 0.3) is 0 Å². The minimum Gasteiger partial charge on any atom is -0.366 e. The molecule has 1 unspecified atom stereocenters. The average Bonchev–Trinajstić information content (AvgIpc) is 2.41. The largest absolute Gasteiger partial charge is 0.366 e. The molecule has 0 radical (unpaired) electrons. The molecule has 1 aromatic heterocycles. The summed E-state index contributed by atoms with van der Waals surface area (Å²) in [7, 11) is 0. The maximum Gasteiger partial charge on any atom is 0.166 e. The second-order valence-corrected chi connectivity index (χ2v) is 4.70. The van der Waals surface area contributed by atoms with Gasteiger partial charge in [-0.3, -0.25) is 4.90 Å². The van der Waals surface area contributed by atoms with Gasteiger partial charge in [-0.25, -0.2) is 0 Å². The van der Waals surface area contributed by atoms with Crippen molar-refractivity contribution in [3.63, 3.8) is 0 Å². The Morgan fingerprint density at radius 2 is 1.89 bits per heavy atom. The van der Waals surface area contributed by atoms with Crippen LogP contribution in [0.15, 0.2) is 0 Å². The molecule has 5 nitrogen and oxygen atoms in total. The Morgan fingerprint density at radius 1 is 1.26 bits per heavy atom. The second-order valence-electron chi connectivity index (χ2n) is 4.70. The molecule has 1 atom stereocenters. The lowest BCUT2D eigenvalue weighted by Gasteiger charge is -2.26. The van der Waals surface area contributed by atoms with E-state index in [9.17, 15) is 5.26 Å². The Bertz CT molecular complexity index is 460. The van der Waals surface area contributed by atoms with E-state index in [1.807, 2.05) is 13.8 Å². The van der Waals surface area contributed by atoms with Crippen LogP contribution in [0.2, 0.25) is 0 Å². The SMILES string of the molecule is CCN(CC)C(C)CNc1nnc(C)c(C)c1C#N. The van der Waals surface area contributed by atoms with E-state index >= 15 is 0 Å². The normalized spacial score (nSPS) is 12.3. The van der Waals surface area contributed by atoms with E-state index in [1.165, 1.54) is 0 Å². The van der Waals surface area contributed by atoms with Crippen LogP contribution in [0.5, 0.6) is 0 Å². The first-order valence-electron chi connectivity index (χ1n) is 6.76. The van der Waals surface area contributed by atoms with Crippen molar-refractivity contribution >= 4 is 5.82 Å². The van der Waals surface area contributed by atoms with Crippen molar-refractivity contribution in [2.75, 3.05) is 25.0 Å². The molecule has 0 spiro atoms. The van der Waals surface area contributed by atoms with E-state index in [2.05, 4.69) is 47.3 Å². The molecule has 0 saturated heterocycles. The molecule has 1 N–H and O–H groups in total. The first kappa shape index (κ1) is 15.4. The molecule has 0 aliphatic heterocycles. The highest BCUT2D eigenvalue weighted by molar-refractivity contribution is 5.55. The zero-order valence-corrected chi connectivity index (χ0v) is 12.5. The molecule has 0 aliphatic rings. The molecule has 1 heterocycles.